The van der Waals surface area contributed by atoms with Gasteiger partial charge in [-0.05, 0) is 63.5 Å². The van der Waals surface area contributed by atoms with Gasteiger partial charge in [0.05, 0.1) is 31.0 Å². The molecule has 0 radical (unpaired) electrons. The van der Waals surface area contributed by atoms with Gasteiger partial charge in [-0.25, -0.2) is 9.97 Å². The maximum absolute atomic E-state index is 6.26. The molecule has 38 heavy (non-hydrogen) atoms. The molecule has 2 aliphatic heterocycles. The van der Waals surface area contributed by atoms with Crippen LogP contribution in [0.4, 0.5) is 11.5 Å². The van der Waals surface area contributed by atoms with Crippen LogP contribution in [0, 0.1) is 0 Å². The maximum Gasteiger partial charge on any atom is 0.231 e. The minimum absolute atomic E-state index is 0.203. The Labute approximate surface area is 223 Å². The van der Waals surface area contributed by atoms with Crippen LogP contribution >= 0.6 is 0 Å². The van der Waals surface area contributed by atoms with Crippen LogP contribution in [0.1, 0.15) is 31.2 Å². The highest BCUT2D eigenvalue weighted by Crippen LogP contribution is 2.44. The van der Waals surface area contributed by atoms with E-state index < -0.39 is 0 Å². The van der Waals surface area contributed by atoms with E-state index in [0.717, 1.165) is 79.8 Å². The fourth-order valence-electron chi connectivity index (χ4n) is 4.68. The summed E-state index contributed by atoms with van der Waals surface area (Å²) in [6, 6.07) is 8.00. The molecule has 0 saturated heterocycles. The number of methoxy groups -OCH3 is 1. The van der Waals surface area contributed by atoms with Gasteiger partial charge in [0.15, 0.2) is 23.0 Å². The van der Waals surface area contributed by atoms with Crippen LogP contribution in [-0.4, -0.2) is 75.3 Å². The molecule has 0 amide bonds. The van der Waals surface area contributed by atoms with Crippen molar-refractivity contribution in [3.8, 4) is 23.0 Å². The number of hydrogen-bond donors (Lipinski definition) is 2. The van der Waals surface area contributed by atoms with E-state index in [1.165, 1.54) is 0 Å². The summed E-state index contributed by atoms with van der Waals surface area (Å²) in [5, 5.41) is 7.74. The van der Waals surface area contributed by atoms with Gasteiger partial charge in [0, 0.05) is 31.7 Å². The Morgan fingerprint density at radius 2 is 1.97 bits per heavy atom. The van der Waals surface area contributed by atoms with Crippen LogP contribution in [0.2, 0.25) is 0 Å². The number of aromatic nitrogens is 2. The number of fused-ring (bicyclic) bond motifs is 4. The SMILES string of the molecule is COCCNCCCOc1cc2ncnc3c2cc1OCCCCCN(C)Cc1ccc2c(c1N3)OCO2. The molecule has 2 bridgehead atoms. The van der Waals surface area contributed by atoms with Gasteiger partial charge in [0.1, 0.15) is 12.1 Å². The predicted octanol–water partition coefficient (Wildman–Crippen LogP) is 4.10. The monoisotopic (exact) mass is 523 g/mol. The Morgan fingerprint density at radius 1 is 1.03 bits per heavy atom. The van der Waals surface area contributed by atoms with Crippen molar-refractivity contribution in [2.75, 3.05) is 65.7 Å². The van der Waals surface area contributed by atoms with E-state index in [-0.39, 0.29) is 6.79 Å². The summed E-state index contributed by atoms with van der Waals surface area (Å²) in [6.07, 6.45) is 5.59. The standard InChI is InChI=1S/C28H37N5O5/c1-33-11-4-3-5-12-35-24-15-21-22(16-25(24)36-13-6-9-29-10-14-34-2)30-18-31-28(21)32-26-20(17-33)7-8-23-27(26)38-19-37-23/h7-8,15-16,18,29H,3-6,9-14,17,19H2,1-2H3,(H,30,31,32). The van der Waals surface area contributed by atoms with Gasteiger partial charge in [-0.1, -0.05) is 6.07 Å². The summed E-state index contributed by atoms with van der Waals surface area (Å²) in [6.45, 7) is 5.55. The fourth-order valence-corrected chi connectivity index (χ4v) is 4.68. The lowest BCUT2D eigenvalue weighted by molar-refractivity contribution is 0.174. The lowest BCUT2D eigenvalue weighted by Gasteiger charge is -2.20. The Balaban J connectivity index is 1.45. The van der Waals surface area contributed by atoms with Crippen molar-refractivity contribution < 1.29 is 23.7 Å². The van der Waals surface area contributed by atoms with E-state index in [1.54, 1.807) is 13.4 Å². The van der Waals surface area contributed by atoms with E-state index in [4.69, 9.17) is 23.7 Å². The van der Waals surface area contributed by atoms with E-state index in [0.29, 0.717) is 42.9 Å². The zero-order valence-electron chi connectivity index (χ0n) is 22.3. The number of ether oxygens (including phenoxy) is 5. The summed E-state index contributed by atoms with van der Waals surface area (Å²) in [7, 11) is 3.85. The number of nitrogens with zero attached hydrogens (tertiary/aromatic N) is 3. The van der Waals surface area contributed by atoms with E-state index in [2.05, 4.69) is 38.6 Å². The van der Waals surface area contributed by atoms with Gasteiger partial charge in [0.2, 0.25) is 6.79 Å². The van der Waals surface area contributed by atoms with Crippen molar-refractivity contribution in [3.63, 3.8) is 0 Å². The molecule has 0 fully saturated rings. The van der Waals surface area contributed by atoms with Crippen LogP contribution in [0.3, 0.4) is 0 Å². The third-order valence-electron chi connectivity index (χ3n) is 6.69. The molecule has 5 rings (SSSR count). The Kier molecular flexibility index (Phi) is 8.95. The second-order valence-electron chi connectivity index (χ2n) is 9.59. The summed E-state index contributed by atoms with van der Waals surface area (Å²) in [5.41, 5.74) is 2.76. The number of benzene rings is 2. The average molecular weight is 524 g/mol. The number of hydrogen-bond acceptors (Lipinski definition) is 10. The minimum Gasteiger partial charge on any atom is -0.490 e. The lowest BCUT2D eigenvalue weighted by atomic mass is 10.1. The Hall–Kier alpha value is -3.34. The van der Waals surface area contributed by atoms with Crippen LogP contribution < -0.4 is 29.6 Å². The molecule has 2 N–H and O–H groups in total. The average Bonchev–Trinajstić information content (AvgIpc) is 3.40. The van der Waals surface area contributed by atoms with Crippen LogP contribution in [0.15, 0.2) is 30.6 Å². The highest BCUT2D eigenvalue weighted by Gasteiger charge is 2.23. The van der Waals surface area contributed by atoms with Gasteiger partial charge in [-0.3, -0.25) is 0 Å². The molecule has 3 aromatic rings. The molecule has 1 aromatic heterocycles. The van der Waals surface area contributed by atoms with E-state index >= 15 is 0 Å². The molecular weight excluding hydrogens is 486 g/mol. The smallest absolute Gasteiger partial charge is 0.231 e. The fraction of sp³-hybridized carbons (Fsp3) is 0.500. The zero-order valence-corrected chi connectivity index (χ0v) is 22.3. The summed E-state index contributed by atoms with van der Waals surface area (Å²) >= 11 is 0. The van der Waals surface area contributed by atoms with Crippen molar-refractivity contribution in [3.05, 3.63) is 36.2 Å². The van der Waals surface area contributed by atoms with Gasteiger partial charge < -0.3 is 39.2 Å². The molecule has 0 saturated carbocycles. The molecule has 2 aliphatic rings. The van der Waals surface area contributed by atoms with Crippen molar-refractivity contribution >= 4 is 22.4 Å². The maximum atomic E-state index is 6.26. The second kappa shape index (κ2) is 12.9. The number of rotatable bonds is 8. The summed E-state index contributed by atoms with van der Waals surface area (Å²) in [4.78, 5) is 11.5. The molecule has 2 aromatic carbocycles. The zero-order chi connectivity index (χ0) is 26.2. The highest BCUT2D eigenvalue weighted by molar-refractivity contribution is 5.94. The molecule has 0 spiro atoms. The molecule has 0 aliphatic carbocycles. The summed E-state index contributed by atoms with van der Waals surface area (Å²) < 4.78 is 29.0. The van der Waals surface area contributed by atoms with E-state index in [1.807, 2.05) is 18.2 Å². The Morgan fingerprint density at radius 3 is 2.89 bits per heavy atom. The second-order valence-corrected chi connectivity index (χ2v) is 9.59. The van der Waals surface area contributed by atoms with Crippen molar-refractivity contribution in [1.29, 1.82) is 0 Å². The highest BCUT2D eigenvalue weighted by atomic mass is 16.7. The summed E-state index contributed by atoms with van der Waals surface area (Å²) in [5.74, 6) is 3.51. The first-order valence-corrected chi connectivity index (χ1v) is 13.3. The minimum atomic E-state index is 0.203. The topological polar surface area (TPSA) is 99.2 Å². The van der Waals surface area contributed by atoms with Crippen LogP contribution in [0.5, 0.6) is 23.0 Å². The van der Waals surface area contributed by atoms with Crippen molar-refractivity contribution in [1.82, 2.24) is 20.2 Å². The third kappa shape index (κ3) is 6.38. The van der Waals surface area contributed by atoms with Crippen molar-refractivity contribution in [2.45, 2.75) is 32.2 Å². The molecule has 3 heterocycles. The Bertz CT molecular complexity index is 1220. The van der Waals surface area contributed by atoms with Gasteiger partial charge >= 0.3 is 0 Å². The lowest BCUT2D eigenvalue weighted by Crippen LogP contribution is -2.21. The molecule has 204 valence electrons. The largest absolute Gasteiger partial charge is 0.490 e. The molecule has 10 nitrogen and oxygen atoms in total. The normalized spacial score (nSPS) is 15.8. The number of nitrogens with one attached hydrogen (secondary N) is 2. The quantitative estimate of drug-likeness (QED) is 0.420. The first kappa shape index (κ1) is 26.3. The first-order valence-electron chi connectivity index (χ1n) is 13.3. The third-order valence-corrected chi connectivity index (χ3v) is 6.69. The van der Waals surface area contributed by atoms with Crippen LogP contribution in [0.25, 0.3) is 10.9 Å². The van der Waals surface area contributed by atoms with Gasteiger partial charge in [-0.2, -0.15) is 0 Å². The van der Waals surface area contributed by atoms with Crippen molar-refractivity contribution in [2.24, 2.45) is 0 Å². The van der Waals surface area contributed by atoms with E-state index in [9.17, 15) is 0 Å². The van der Waals surface area contributed by atoms with Crippen LogP contribution in [-0.2, 0) is 11.3 Å². The predicted molar refractivity (Wildman–Crippen MR) is 146 cm³/mol. The molecular formula is C28H37N5O5. The molecule has 0 atom stereocenters. The van der Waals surface area contributed by atoms with Gasteiger partial charge in [0.25, 0.3) is 0 Å². The first-order chi connectivity index (χ1) is 18.7. The van der Waals surface area contributed by atoms with Gasteiger partial charge in [-0.15, -0.1) is 0 Å². The molecule has 0 unspecified atom stereocenters. The molecule has 10 heteroatoms. The number of anilines is 2.